The average Bonchev–Trinajstić information content (AvgIpc) is 2.69. The number of carbonyl (C=O) groups is 1. The Kier molecular flexibility index (Phi) is 6.01. The van der Waals surface area contributed by atoms with Crippen molar-refractivity contribution in [3.8, 4) is 0 Å². The predicted molar refractivity (Wildman–Crippen MR) is 108 cm³/mol. The van der Waals surface area contributed by atoms with Crippen LogP contribution in [0.4, 0.5) is 0 Å². The number of rotatable bonds is 7. The van der Waals surface area contributed by atoms with E-state index in [1.165, 1.54) is 16.5 Å². The van der Waals surface area contributed by atoms with Gasteiger partial charge in [0, 0.05) is 25.4 Å². The highest BCUT2D eigenvalue weighted by atomic mass is 16.1. The zero-order chi connectivity index (χ0) is 19.2. The summed E-state index contributed by atoms with van der Waals surface area (Å²) in [5.74, 6) is 0.240. The molecule has 0 aliphatic heterocycles. The number of hydrogen-bond acceptors (Lipinski definition) is 3. The molecule has 0 saturated carbocycles. The summed E-state index contributed by atoms with van der Waals surface area (Å²) in [6.45, 7) is 4.97. The van der Waals surface area contributed by atoms with E-state index in [-0.39, 0.29) is 17.9 Å². The Morgan fingerprint density at radius 3 is 2.67 bits per heavy atom. The summed E-state index contributed by atoms with van der Waals surface area (Å²) in [4.78, 5) is 29.2. The van der Waals surface area contributed by atoms with E-state index in [1.807, 2.05) is 37.3 Å². The normalized spacial score (nSPS) is 12.1. The highest BCUT2D eigenvalue weighted by Crippen LogP contribution is 2.18. The van der Waals surface area contributed by atoms with Gasteiger partial charge < -0.3 is 5.32 Å². The monoisotopic (exact) mass is 363 g/mol. The number of para-hydroxylation sites is 1. The van der Waals surface area contributed by atoms with Crippen molar-refractivity contribution in [1.29, 1.82) is 0 Å². The molecule has 0 spiro atoms. The molecule has 140 valence electrons. The van der Waals surface area contributed by atoms with Gasteiger partial charge in [0.2, 0.25) is 5.91 Å². The number of aromatic nitrogens is 2. The first kappa shape index (κ1) is 18.8. The summed E-state index contributed by atoms with van der Waals surface area (Å²) < 4.78 is 1.51. The number of hydrogen-bond donors (Lipinski definition) is 1. The Hall–Kier alpha value is -2.95. The van der Waals surface area contributed by atoms with E-state index >= 15 is 0 Å². The lowest BCUT2D eigenvalue weighted by molar-refractivity contribution is -0.121. The molecule has 0 aliphatic carbocycles. The van der Waals surface area contributed by atoms with Crippen molar-refractivity contribution in [2.24, 2.45) is 0 Å². The standard InChI is InChI=1S/C22H25N3O2/c1-3-17(18-9-5-4-6-10-18)14-23-20(26)12-13-25-15-24-21-16(2)8-7-11-19(21)22(25)27/h4-11,15,17H,3,12-14H2,1-2H3,(H,23,26)/t17-/m0/s1. The van der Waals surface area contributed by atoms with Gasteiger partial charge >= 0.3 is 0 Å². The van der Waals surface area contributed by atoms with Crippen molar-refractivity contribution >= 4 is 16.8 Å². The van der Waals surface area contributed by atoms with Gasteiger partial charge in [-0.25, -0.2) is 4.98 Å². The van der Waals surface area contributed by atoms with Gasteiger partial charge in [0.25, 0.3) is 5.56 Å². The fraction of sp³-hybridized carbons (Fsp3) is 0.318. The quantitative estimate of drug-likeness (QED) is 0.700. The average molecular weight is 363 g/mol. The van der Waals surface area contributed by atoms with Crippen LogP contribution >= 0.6 is 0 Å². The highest BCUT2D eigenvalue weighted by Gasteiger charge is 2.12. The number of nitrogens with one attached hydrogen (secondary N) is 1. The SMILES string of the molecule is CC[C@@H](CNC(=O)CCn1cnc2c(C)cccc2c1=O)c1ccccc1. The summed E-state index contributed by atoms with van der Waals surface area (Å²) in [6.07, 6.45) is 2.74. The molecule has 1 heterocycles. The van der Waals surface area contributed by atoms with E-state index in [4.69, 9.17) is 0 Å². The van der Waals surface area contributed by atoms with Crippen LogP contribution in [0.1, 0.15) is 36.8 Å². The fourth-order valence-corrected chi connectivity index (χ4v) is 3.27. The molecular formula is C22H25N3O2. The molecule has 1 aromatic heterocycles. The number of benzene rings is 2. The van der Waals surface area contributed by atoms with Crippen LogP contribution in [0, 0.1) is 6.92 Å². The molecule has 0 aliphatic rings. The Bertz CT molecular complexity index is 980. The smallest absolute Gasteiger partial charge is 0.261 e. The van der Waals surface area contributed by atoms with Crippen LogP contribution in [0.15, 0.2) is 59.7 Å². The summed E-state index contributed by atoms with van der Waals surface area (Å²) in [5, 5.41) is 3.58. The Labute approximate surface area is 159 Å². The van der Waals surface area contributed by atoms with Crippen molar-refractivity contribution in [2.75, 3.05) is 6.54 Å². The molecule has 0 fully saturated rings. The van der Waals surface area contributed by atoms with Gasteiger partial charge in [0.1, 0.15) is 0 Å². The first-order valence-corrected chi connectivity index (χ1v) is 9.36. The van der Waals surface area contributed by atoms with Crippen molar-refractivity contribution in [2.45, 2.75) is 39.2 Å². The molecule has 27 heavy (non-hydrogen) atoms. The van der Waals surface area contributed by atoms with Crippen molar-refractivity contribution in [3.05, 3.63) is 76.3 Å². The minimum atomic E-state index is -0.104. The number of fused-ring (bicyclic) bond motifs is 1. The maximum Gasteiger partial charge on any atom is 0.261 e. The molecule has 0 bridgehead atoms. The summed E-state index contributed by atoms with van der Waals surface area (Å²) in [6, 6.07) is 15.8. The molecule has 2 aromatic carbocycles. The van der Waals surface area contributed by atoms with E-state index in [0.29, 0.717) is 24.4 Å². The molecule has 5 heteroatoms. The molecule has 0 radical (unpaired) electrons. The molecule has 1 amide bonds. The van der Waals surface area contributed by atoms with Crippen molar-refractivity contribution < 1.29 is 4.79 Å². The lowest BCUT2D eigenvalue weighted by Crippen LogP contribution is -2.30. The van der Waals surface area contributed by atoms with Gasteiger partial charge in [-0.05, 0) is 30.5 Å². The van der Waals surface area contributed by atoms with E-state index in [9.17, 15) is 9.59 Å². The van der Waals surface area contributed by atoms with Gasteiger partial charge in [-0.1, -0.05) is 49.4 Å². The third-order valence-corrected chi connectivity index (χ3v) is 4.94. The van der Waals surface area contributed by atoms with Crippen molar-refractivity contribution in [1.82, 2.24) is 14.9 Å². The molecule has 0 unspecified atom stereocenters. The lowest BCUT2D eigenvalue weighted by atomic mass is 9.96. The summed E-state index contributed by atoms with van der Waals surface area (Å²) >= 11 is 0. The van der Waals surface area contributed by atoms with E-state index < -0.39 is 0 Å². The maximum absolute atomic E-state index is 12.6. The minimum absolute atomic E-state index is 0.0550. The van der Waals surface area contributed by atoms with Crippen LogP contribution in [-0.4, -0.2) is 22.0 Å². The molecule has 1 N–H and O–H groups in total. The molecule has 0 saturated heterocycles. The van der Waals surface area contributed by atoms with Gasteiger partial charge in [0.15, 0.2) is 0 Å². The number of aryl methyl sites for hydroxylation is 2. The van der Waals surface area contributed by atoms with Crippen LogP contribution in [-0.2, 0) is 11.3 Å². The first-order chi connectivity index (χ1) is 13.1. The fourth-order valence-electron chi connectivity index (χ4n) is 3.27. The number of nitrogens with zero attached hydrogens (tertiary/aromatic N) is 2. The van der Waals surface area contributed by atoms with Crippen LogP contribution in [0.5, 0.6) is 0 Å². The zero-order valence-corrected chi connectivity index (χ0v) is 15.8. The highest BCUT2D eigenvalue weighted by molar-refractivity contribution is 5.80. The summed E-state index contributed by atoms with van der Waals surface area (Å²) in [7, 11) is 0. The Morgan fingerprint density at radius 2 is 1.93 bits per heavy atom. The third kappa shape index (κ3) is 4.42. The van der Waals surface area contributed by atoms with Gasteiger partial charge in [-0.2, -0.15) is 0 Å². The van der Waals surface area contributed by atoms with Crippen molar-refractivity contribution in [3.63, 3.8) is 0 Å². The van der Waals surface area contributed by atoms with Crippen LogP contribution in [0.3, 0.4) is 0 Å². The van der Waals surface area contributed by atoms with E-state index in [0.717, 1.165) is 17.5 Å². The largest absolute Gasteiger partial charge is 0.355 e. The molecule has 3 rings (SSSR count). The van der Waals surface area contributed by atoms with Gasteiger partial charge in [0.05, 0.1) is 17.2 Å². The third-order valence-electron chi connectivity index (χ3n) is 4.94. The first-order valence-electron chi connectivity index (χ1n) is 9.36. The zero-order valence-electron chi connectivity index (χ0n) is 15.8. The topological polar surface area (TPSA) is 64.0 Å². The maximum atomic E-state index is 12.6. The second kappa shape index (κ2) is 8.62. The second-order valence-electron chi connectivity index (χ2n) is 6.78. The van der Waals surface area contributed by atoms with Crippen LogP contribution in [0.25, 0.3) is 10.9 Å². The number of amides is 1. The van der Waals surface area contributed by atoms with Crippen LogP contribution in [0.2, 0.25) is 0 Å². The molecule has 5 nitrogen and oxygen atoms in total. The number of carbonyl (C=O) groups excluding carboxylic acids is 1. The molecule has 3 aromatic rings. The van der Waals surface area contributed by atoms with E-state index in [1.54, 1.807) is 6.07 Å². The second-order valence-corrected chi connectivity index (χ2v) is 6.78. The van der Waals surface area contributed by atoms with Gasteiger partial charge in [-0.15, -0.1) is 0 Å². The van der Waals surface area contributed by atoms with E-state index in [2.05, 4.69) is 29.4 Å². The predicted octanol–water partition coefficient (Wildman–Crippen LogP) is 3.41. The molecular weight excluding hydrogens is 338 g/mol. The Balaban J connectivity index is 1.60. The summed E-state index contributed by atoms with van der Waals surface area (Å²) in [5.41, 5.74) is 2.82. The van der Waals surface area contributed by atoms with Gasteiger partial charge in [-0.3, -0.25) is 14.2 Å². The lowest BCUT2D eigenvalue weighted by Gasteiger charge is -2.16. The van der Waals surface area contributed by atoms with Crippen LogP contribution < -0.4 is 10.9 Å². The molecule has 1 atom stereocenters. The minimum Gasteiger partial charge on any atom is -0.355 e. The Morgan fingerprint density at radius 1 is 1.15 bits per heavy atom.